The molecule has 1 aliphatic rings. The van der Waals surface area contributed by atoms with E-state index in [1.54, 1.807) is 6.08 Å². The molecule has 0 saturated heterocycles. The maximum absolute atomic E-state index is 10.1. The normalized spacial score (nSPS) is 22.8. The van der Waals surface area contributed by atoms with Crippen LogP contribution in [0.2, 0.25) is 0 Å². The predicted octanol–water partition coefficient (Wildman–Crippen LogP) is 2.75. The van der Waals surface area contributed by atoms with Crippen molar-refractivity contribution in [3.8, 4) is 0 Å². The molecule has 68 valence electrons. The van der Waals surface area contributed by atoms with Gasteiger partial charge in [-0.2, -0.15) is 0 Å². The highest BCUT2D eigenvalue weighted by molar-refractivity contribution is 4.95. The first-order valence-electron chi connectivity index (χ1n) is 4.45. The van der Waals surface area contributed by atoms with Gasteiger partial charge in [-0.25, -0.2) is 0 Å². The fraction of sp³-hybridized carbons (Fsp3) is 0.778. The quantitative estimate of drug-likeness (QED) is 0.471. The maximum atomic E-state index is 10.1. The van der Waals surface area contributed by atoms with Gasteiger partial charge in [0.05, 0.1) is 4.92 Å². The molecule has 0 unspecified atom stereocenters. The number of nitrogens with zero attached hydrogens (tertiary/aromatic N) is 1. The van der Waals surface area contributed by atoms with E-state index >= 15 is 0 Å². The molecular weight excluding hydrogens is 154 g/mol. The molecule has 0 amide bonds. The van der Waals surface area contributed by atoms with Crippen LogP contribution in [-0.2, 0) is 0 Å². The zero-order valence-electron chi connectivity index (χ0n) is 7.45. The van der Waals surface area contributed by atoms with Crippen LogP contribution in [0.1, 0.15) is 39.0 Å². The van der Waals surface area contributed by atoms with Gasteiger partial charge in [0, 0.05) is 0 Å². The molecule has 0 heterocycles. The molecule has 0 aliphatic heterocycles. The fourth-order valence-corrected chi connectivity index (χ4v) is 1.77. The van der Waals surface area contributed by atoms with E-state index in [4.69, 9.17) is 0 Å². The van der Waals surface area contributed by atoms with Crippen molar-refractivity contribution in [2.24, 2.45) is 5.41 Å². The summed E-state index contributed by atoms with van der Waals surface area (Å²) in [6.07, 6.45) is 8.73. The molecular formula is C9H15NO2. The molecule has 0 spiro atoms. The molecule has 3 heteroatoms. The van der Waals surface area contributed by atoms with Gasteiger partial charge in [-0.3, -0.25) is 10.1 Å². The Labute approximate surface area is 72.6 Å². The van der Waals surface area contributed by atoms with Crippen molar-refractivity contribution in [3.63, 3.8) is 0 Å². The lowest BCUT2D eigenvalue weighted by atomic mass is 9.76. The summed E-state index contributed by atoms with van der Waals surface area (Å²) in [5.74, 6) is 0. The Balaban J connectivity index is 2.52. The lowest BCUT2D eigenvalue weighted by molar-refractivity contribution is -0.403. The minimum atomic E-state index is -0.375. The molecule has 1 saturated carbocycles. The van der Waals surface area contributed by atoms with Crippen LogP contribution in [0.5, 0.6) is 0 Å². The van der Waals surface area contributed by atoms with Crippen molar-refractivity contribution in [1.29, 1.82) is 0 Å². The predicted molar refractivity (Wildman–Crippen MR) is 47.3 cm³/mol. The minimum absolute atomic E-state index is 0.0886. The Hall–Kier alpha value is -0.860. The lowest BCUT2D eigenvalue weighted by Gasteiger charge is -2.29. The van der Waals surface area contributed by atoms with Gasteiger partial charge in [0.25, 0.3) is 0 Å². The Morgan fingerprint density at radius 3 is 2.42 bits per heavy atom. The average Bonchev–Trinajstić information content (AvgIpc) is 2.03. The second kappa shape index (κ2) is 3.70. The first-order valence-corrected chi connectivity index (χ1v) is 4.45. The molecule has 0 aromatic heterocycles. The van der Waals surface area contributed by atoms with Crippen molar-refractivity contribution >= 4 is 0 Å². The first-order chi connectivity index (χ1) is 5.62. The van der Waals surface area contributed by atoms with E-state index in [1.807, 2.05) is 0 Å². The van der Waals surface area contributed by atoms with Crippen LogP contribution in [0.25, 0.3) is 0 Å². The second-order valence-electron chi connectivity index (χ2n) is 3.82. The van der Waals surface area contributed by atoms with Crippen LogP contribution in [-0.4, -0.2) is 4.92 Å². The van der Waals surface area contributed by atoms with Gasteiger partial charge in [0.1, 0.15) is 0 Å². The van der Waals surface area contributed by atoms with Gasteiger partial charge in [-0.05, 0) is 24.3 Å². The minimum Gasteiger partial charge on any atom is -0.259 e. The summed E-state index contributed by atoms with van der Waals surface area (Å²) < 4.78 is 0. The molecule has 1 aliphatic carbocycles. The van der Waals surface area contributed by atoms with Crippen LogP contribution in [0.4, 0.5) is 0 Å². The average molecular weight is 169 g/mol. The van der Waals surface area contributed by atoms with E-state index in [2.05, 4.69) is 6.92 Å². The molecule has 0 bridgehead atoms. The molecule has 12 heavy (non-hydrogen) atoms. The van der Waals surface area contributed by atoms with E-state index in [1.165, 1.54) is 19.3 Å². The molecule has 1 fully saturated rings. The Morgan fingerprint density at radius 2 is 1.92 bits per heavy atom. The summed E-state index contributed by atoms with van der Waals surface area (Å²) in [4.78, 5) is 9.73. The molecule has 0 atom stereocenters. The van der Waals surface area contributed by atoms with E-state index in [0.717, 1.165) is 19.0 Å². The van der Waals surface area contributed by atoms with Gasteiger partial charge in [0.15, 0.2) is 0 Å². The van der Waals surface area contributed by atoms with Gasteiger partial charge in [-0.15, -0.1) is 0 Å². The van der Waals surface area contributed by atoms with Crippen LogP contribution in [0.3, 0.4) is 0 Å². The van der Waals surface area contributed by atoms with Crippen molar-refractivity contribution in [2.75, 3.05) is 0 Å². The van der Waals surface area contributed by atoms with E-state index in [9.17, 15) is 10.1 Å². The van der Waals surface area contributed by atoms with Crippen LogP contribution >= 0.6 is 0 Å². The van der Waals surface area contributed by atoms with Crippen molar-refractivity contribution in [1.82, 2.24) is 0 Å². The summed E-state index contributed by atoms with van der Waals surface area (Å²) >= 11 is 0. The molecule has 0 radical (unpaired) electrons. The maximum Gasteiger partial charge on any atom is 0.231 e. The Bertz CT molecular complexity index is 193. The summed E-state index contributed by atoms with van der Waals surface area (Å²) in [6, 6.07) is 0. The largest absolute Gasteiger partial charge is 0.259 e. The van der Waals surface area contributed by atoms with Crippen molar-refractivity contribution in [2.45, 2.75) is 39.0 Å². The Morgan fingerprint density at radius 1 is 1.33 bits per heavy atom. The third kappa shape index (κ3) is 2.64. The lowest BCUT2D eigenvalue weighted by Crippen LogP contribution is -2.17. The van der Waals surface area contributed by atoms with Crippen LogP contribution < -0.4 is 0 Å². The van der Waals surface area contributed by atoms with E-state index in [-0.39, 0.29) is 10.3 Å². The highest BCUT2D eigenvalue weighted by Gasteiger charge is 2.24. The van der Waals surface area contributed by atoms with Crippen molar-refractivity contribution in [3.05, 3.63) is 22.4 Å². The standard InChI is InChI=1S/C9H15NO2/c1-9(7-8-10(11)12)5-3-2-4-6-9/h7-8H,2-6H2,1H3/b8-7+. The second-order valence-corrected chi connectivity index (χ2v) is 3.82. The van der Waals surface area contributed by atoms with Crippen LogP contribution in [0, 0.1) is 15.5 Å². The number of rotatable bonds is 2. The monoisotopic (exact) mass is 169 g/mol. The molecule has 0 aromatic rings. The Kier molecular flexibility index (Phi) is 2.84. The smallest absolute Gasteiger partial charge is 0.231 e. The summed E-state index contributed by atoms with van der Waals surface area (Å²) in [5.41, 5.74) is 0.0886. The molecule has 0 aromatic carbocycles. The number of allylic oxidation sites excluding steroid dienone is 1. The van der Waals surface area contributed by atoms with Gasteiger partial charge < -0.3 is 0 Å². The fourth-order valence-electron chi connectivity index (χ4n) is 1.77. The number of hydrogen-bond acceptors (Lipinski definition) is 2. The van der Waals surface area contributed by atoms with Gasteiger partial charge in [0.2, 0.25) is 6.20 Å². The first kappa shape index (κ1) is 9.23. The van der Waals surface area contributed by atoms with Gasteiger partial charge in [-0.1, -0.05) is 26.2 Å². The topological polar surface area (TPSA) is 43.1 Å². The molecule has 1 rings (SSSR count). The molecule has 3 nitrogen and oxygen atoms in total. The van der Waals surface area contributed by atoms with Crippen molar-refractivity contribution < 1.29 is 4.92 Å². The number of nitro groups is 1. The summed E-state index contributed by atoms with van der Waals surface area (Å²) in [6.45, 7) is 2.10. The van der Waals surface area contributed by atoms with E-state index < -0.39 is 0 Å². The van der Waals surface area contributed by atoms with Gasteiger partial charge >= 0.3 is 0 Å². The third-order valence-corrected chi connectivity index (χ3v) is 2.59. The number of hydrogen-bond donors (Lipinski definition) is 0. The van der Waals surface area contributed by atoms with E-state index in [0.29, 0.717) is 0 Å². The molecule has 0 N–H and O–H groups in total. The SMILES string of the molecule is CC1(/C=C/[N+](=O)[O-])CCCCC1. The zero-order valence-corrected chi connectivity index (χ0v) is 7.45. The third-order valence-electron chi connectivity index (χ3n) is 2.59. The zero-order chi connectivity index (χ0) is 9.03. The summed E-state index contributed by atoms with van der Waals surface area (Å²) in [7, 11) is 0. The summed E-state index contributed by atoms with van der Waals surface area (Å²) in [5, 5.41) is 10.1. The highest BCUT2D eigenvalue weighted by Crippen LogP contribution is 2.36. The highest BCUT2D eigenvalue weighted by atomic mass is 16.6. The van der Waals surface area contributed by atoms with Crippen LogP contribution in [0.15, 0.2) is 12.3 Å².